The Morgan fingerprint density at radius 1 is 0.865 bits per heavy atom. The van der Waals surface area contributed by atoms with Gasteiger partial charge in [0.05, 0.1) is 10.5 Å². The highest BCUT2D eigenvalue weighted by molar-refractivity contribution is 7.91. The second-order valence-electron chi connectivity index (χ2n) is 6.75. The molecule has 1 aliphatic heterocycles. The van der Waals surface area contributed by atoms with Crippen LogP contribution in [0.15, 0.2) is 58.3 Å². The number of fused-ring (bicyclic) bond motifs is 1. The molecule has 37 heavy (non-hydrogen) atoms. The fourth-order valence-corrected chi connectivity index (χ4v) is 5.75. The minimum atomic E-state index is -3.97. The lowest BCUT2D eigenvalue weighted by atomic mass is 10.1. The molecule has 0 aliphatic carbocycles. The Hall–Kier alpha value is -3.38. The summed E-state index contributed by atoms with van der Waals surface area (Å²) < 4.78 is 49.7. The molecule has 0 aromatic heterocycles. The van der Waals surface area contributed by atoms with Gasteiger partial charge in [0, 0.05) is 18.4 Å². The fraction of sp³-hybridized carbons (Fsp3) is 0.360. The third-order valence-electron chi connectivity index (χ3n) is 4.47. The van der Waals surface area contributed by atoms with Crippen LogP contribution in [0, 0.1) is 0 Å². The molecular weight excluding hydrogens is 520 g/mol. The summed E-state index contributed by atoms with van der Waals surface area (Å²) in [6.45, 7) is 12.3. The van der Waals surface area contributed by atoms with E-state index in [2.05, 4.69) is 0 Å². The molecule has 0 saturated heterocycles. The molecule has 0 bridgehead atoms. The SMILES string of the molecule is CC.CC.CCC(=O)N1C(=O)c2ccccc2S1(=O)=O.CCC(=O)NS(=O)(=O)c1ccccc1C(C)=O. The van der Waals surface area contributed by atoms with Gasteiger partial charge in [-0.05, 0) is 25.1 Å². The number of hydrogen-bond donors (Lipinski definition) is 1. The highest BCUT2D eigenvalue weighted by Crippen LogP contribution is 2.30. The third-order valence-corrected chi connectivity index (χ3v) is 7.67. The summed E-state index contributed by atoms with van der Waals surface area (Å²) in [6.07, 6.45) is 0.0282. The number of nitrogens with zero attached hydrogens (tertiary/aromatic N) is 1. The molecule has 0 unspecified atom stereocenters. The number of imide groups is 1. The van der Waals surface area contributed by atoms with Crippen LogP contribution in [0.5, 0.6) is 0 Å². The average Bonchev–Trinajstić information content (AvgIpc) is 3.11. The van der Waals surface area contributed by atoms with Crippen molar-refractivity contribution in [3.05, 3.63) is 59.7 Å². The molecule has 12 heteroatoms. The Morgan fingerprint density at radius 2 is 1.38 bits per heavy atom. The zero-order valence-electron chi connectivity index (χ0n) is 22.1. The van der Waals surface area contributed by atoms with Gasteiger partial charge in [-0.15, -0.1) is 0 Å². The Bertz CT molecular complexity index is 1330. The molecule has 10 nitrogen and oxygen atoms in total. The maximum absolute atomic E-state index is 11.9. The van der Waals surface area contributed by atoms with Crippen LogP contribution in [0.3, 0.4) is 0 Å². The van der Waals surface area contributed by atoms with Gasteiger partial charge in [-0.2, -0.15) is 4.31 Å². The number of hydrogen-bond acceptors (Lipinski definition) is 8. The van der Waals surface area contributed by atoms with Gasteiger partial charge in [-0.1, -0.05) is 71.9 Å². The Labute approximate surface area is 219 Å². The van der Waals surface area contributed by atoms with Crippen molar-refractivity contribution in [1.82, 2.24) is 9.03 Å². The highest BCUT2D eigenvalue weighted by Gasteiger charge is 2.44. The monoisotopic (exact) mass is 554 g/mol. The number of carbonyl (C=O) groups excluding carboxylic acids is 4. The number of sulfonamides is 2. The van der Waals surface area contributed by atoms with E-state index in [1.54, 1.807) is 19.1 Å². The predicted molar refractivity (Wildman–Crippen MR) is 140 cm³/mol. The summed E-state index contributed by atoms with van der Waals surface area (Å²) in [5.41, 5.74) is 0.133. The van der Waals surface area contributed by atoms with Crippen molar-refractivity contribution in [2.45, 2.75) is 71.1 Å². The lowest BCUT2D eigenvalue weighted by Gasteiger charge is -2.10. The minimum Gasteiger partial charge on any atom is -0.294 e. The normalized spacial score (nSPS) is 12.8. The molecule has 0 atom stereocenters. The van der Waals surface area contributed by atoms with Gasteiger partial charge >= 0.3 is 0 Å². The van der Waals surface area contributed by atoms with E-state index in [0.717, 1.165) is 0 Å². The zero-order chi connectivity index (χ0) is 29.0. The number of Topliss-reactive ketones (excluding diaryl/α,β-unsaturated/α-hetero) is 1. The van der Waals surface area contributed by atoms with Crippen LogP contribution in [0.25, 0.3) is 0 Å². The van der Waals surface area contributed by atoms with Crippen LogP contribution in [0.2, 0.25) is 0 Å². The molecule has 0 radical (unpaired) electrons. The van der Waals surface area contributed by atoms with Crippen molar-refractivity contribution in [3.8, 4) is 0 Å². The van der Waals surface area contributed by atoms with Gasteiger partial charge in [-0.25, -0.2) is 21.6 Å². The molecule has 0 saturated carbocycles. The molecule has 1 N–H and O–H groups in total. The van der Waals surface area contributed by atoms with Crippen LogP contribution < -0.4 is 4.72 Å². The molecule has 1 heterocycles. The average molecular weight is 555 g/mol. The van der Waals surface area contributed by atoms with Crippen LogP contribution in [-0.4, -0.2) is 44.6 Å². The highest BCUT2D eigenvalue weighted by atomic mass is 32.2. The van der Waals surface area contributed by atoms with Crippen LogP contribution in [-0.2, 0) is 29.6 Å². The van der Waals surface area contributed by atoms with Gasteiger partial charge in [-0.3, -0.25) is 19.2 Å². The second-order valence-corrected chi connectivity index (χ2v) is 10.2. The van der Waals surface area contributed by atoms with Gasteiger partial charge in [0.25, 0.3) is 26.0 Å². The summed E-state index contributed by atoms with van der Waals surface area (Å²) in [6, 6.07) is 11.6. The van der Waals surface area contributed by atoms with Crippen molar-refractivity contribution in [2.24, 2.45) is 0 Å². The summed E-state index contributed by atoms with van der Waals surface area (Å²) in [5, 5.41) is 0. The minimum absolute atomic E-state index is 0.0288. The van der Waals surface area contributed by atoms with E-state index in [1.165, 1.54) is 50.2 Å². The fourth-order valence-electron chi connectivity index (χ4n) is 2.84. The Balaban J connectivity index is 0.000000618. The summed E-state index contributed by atoms with van der Waals surface area (Å²) in [5.74, 6) is -2.44. The standard InChI is InChI=1S/C11H13NO4S.C10H9NO4S.2C2H6/c1-3-11(14)12-17(15,16)10-7-5-4-6-9(10)8(2)13;1-2-9(12)11-10(13)7-5-3-4-6-8(7)16(11,14)15;2*1-2/h4-7H,3H2,1-2H3,(H,12,14);3-6H,2H2,1H3;2*1-2H3. The molecule has 3 rings (SSSR count). The van der Waals surface area contributed by atoms with Crippen molar-refractivity contribution in [1.29, 1.82) is 0 Å². The van der Waals surface area contributed by atoms with Gasteiger partial charge in [0.15, 0.2) is 5.78 Å². The van der Waals surface area contributed by atoms with Crippen LogP contribution in [0.4, 0.5) is 0 Å². The van der Waals surface area contributed by atoms with E-state index in [9.17, 15) is 36.0 Å². The third kappa shape index (κ3) is 8.05. The molecular formula is C25H34N2O8S2. The first-order valence-electron chi connectivity index (χ1n) is 11.8. The predicted octanol–water partition coefficient (Wildman–Crippen LogP) is 3.92. The van der Waals surface area contributed by atoms with Crippen LogP contribution >= 0.6 is 0 Å². The lowest BCUT2D eigenvalue weighted by molar-refractivity contribution is -0.124. The molecule has 1 aliphatic rings. The van der Waals surface area contributed by atoms with Crippen molar-refractivity contribution >= 4 is 43.6 Å². The van der Waals surface area contributed by atoms with Crippen molar-refractivity contribution in [2.75, 3.05) is 0 Å². The van der Waals surface area contributed by atoms with Gasteiger partial charge < -0.3 is 0 Å². The van der Waals surface area contributed by atoms with E-state index in [0.29, 0.717) is 4.31 Å². The van der Waals surface area contributed by atoms with E-state index in [4.69, 9.17) is 0 Å². The molecule has 3 amide bonds. The quantitative estimate of drug-likeness (QED) is 0.546. The first kappa shape index (κ1) is 33.6. The Morgan fingerprint density at radius 3 is 1.86 bits per heavy atom. The summed E-state index contributed by atoms with van der Waals surface area (Å²) in [7, 11) is -7.94. The number of carbonyl (C=O) groups is 4. The first-order valence-corrected chi connectivity index (χ1v) is 14.7. The largest absolute Gasteiger partial charge is 0.294 e. The number of ketones is 1. The maximum Gasteiger partial charge on any atom is 0.276 e. The molecule has 2 aromatic carbocycles. The lowest BCUT2D eigenvalue weighted by Crippen LogP contribution is -2.35. The maximum atomic E-state index is 11.9. The molecule has 0 spiro atoms. The van der Waals surface area contributed by atoms with E-state index in [1.807, 2.05) is 32.4 Å². The van der Waals surface area contributed by atoms with Crippen LogP contribution in [0.1, 0.15) is 82.0 Å². The number of nitrogens with one attached hydrogen (secondary N) is 1. The number of amides is 3. The Kier molecular flexibility index (Phi) is 13.6. The van der Waals surface area contributed by atoms with Crippen molar-refractivity contribution in [3.63, 3.8) is 0 Å². The van der Waals surface area contributed by atoms with Gasteiger partial charge in [0.1, 0.15) is 4.90 Å². The number of benzene rings is 2. The van der Waals surface area contributed by atoms with Gasteiger partial charge in [0.2, 0.25) is 11.8 Å². The smallest absolute Gasteiger partial charge is 0.276 e. The molecule has 204 valence electrons. The molecule has 0 fully saturated rings. The first-order chi connectivity index (χ1) is 17.4. The van der Waals surface area contributed by atoms with E-state index in [-0.39, 0.29) is 39.5 Å². The second kappa shape index (κ2) is 15.0. The topological polar surface area (TPSA) is 152 Å². The molecule has 2 aromatic rings. The summed E-state index contributed by atoms with van der Waals surface area (Å²) >= 11 is 0. The zero-order valence-corrected chi connectivity index (χ0v) is 23.7. The summed E-state index contributed by atoms with van der Waals surface area (Å²) in [4.78, 5) is 45.3. The number of rotatable bonds is 5. The van der Waals surface area contributed by atoms with Crippen molar-refractivity contribution < 1.29 is 36.0 Å². The van der Waals surface area contributed by atoms with E-state index < -0.39 is 37.8 Å². The van der Waals surface area contributed by atoms with E-state index >= 15 is 0 Å².